The van der Waals surface area contributed by atoms with E-state index in [4.69, 9.17) is 10.00 Å². The summed E-state index contributed by atoms with van der Waals surface area (Å²) >= 11 is 0. The number of hydrogen-bond acceptors (Lipinski definition) is 3. The van der Waals surface area contributed by atoms with Crippen LogP contribution >= 0.6 is 0 Å². The van der Waals surface area contributed by atoms with E-state index in [-0.39, 0.29) is 6.42 Å². The summed E-state index contributed by atoms with van der Waals surface area (Å²) in [6.45, 7) is 8.40. The first kappa shape index (κ1) is 10.7. The molecule has 0 radical (unpaired) electrons. The van der Waals surface area contributed by atoms with Crippen molar-refractivity contribution in [2.75, 3.05) is 0 Å². The van der Waals surface area contributed by atoms with E-state index in [2.05, 4.69) is 6.58 Å². The standard InChI is InChI=1S/C9H13NO2/c1-7(2)8(11)12-9(3,4)5-6-10/h1,5H2,2-4H3. The highest BCUT2D eigenvalue weighted by atomic mass is 16.6. The monoisotopic (exact) mass is 167 g/mol. The van der Waals surface area contributed by atoms with Crippen LogP contribution in [0.2, 0.25) is 0 Å². The normalized spacial score (nSPS) is 10.2. The minimum absolute atomic E-state index is 0.187. The number of esters is 1. The molecule has 0 amide bonds. The van der Waals surface area contributed by atoms with E-state index in [1.807, 2.05) is 6.07 Å². The van der Waals surface area contributed by atoms with Crippen LogP contribution in [0, 0.1) is 11.3 Å². The molecule has 0 aliphatic carbocycles. The van der Waals surface area contributed by atoms with Crippen molar-refractivity contribution < 1.29 is 9.53 Å². The van der Waals surface area contributed by atoms with Crippen LogP contribution in [-0.4, -0.2) is 11.6 Å². The lowest BCUT2D eigenvalue weighted by Gasteiger charge is -2.21. The Balaban J connectivity index is 4.17. The molecule has 12 heavy (non-hydrogen) atoms. The summed E-state index contributed by atoms with van der Waals surface area (Å²) in [7, 11) is 0. The molecular weight excluding hydrogens is 154 g/mol. The first-order valence-corrected chi connectivity index (χ1v) is 3.65. The van der Waals surface area contributed by atoms with Crippen molar-refractivity contribution in [2.45, 2.75) is 32.8 Å². The van der Waals surface area contributed by atoms with Crippen molar-refractivity contribution in [1.82, 2.24) is 0 Å². The third kappa shape index (κ3) is 3.77. The lowest BCUT2D eigenvalue weighted by atomic mass is 10.1. The Morgan fingerprint density at radius 1 is 1.67 bits per heavy atom. The molecule has 0 aromatic rings. The molecule has 3 nitrogen and oxygen atoms in total. The van der Waals surface area contributed by atoms with Gasteiger partial charge in [0, 0.05) is 5.57 Å². The van der Waals surface area contributed by atoms with E-state index in [1.54, 1.807) is 20.8 Å². The van der Waals surface area contributed by atoms with Gasteiger partial charge in [-0.05, 0) is 20.8 Å². The summed E-state index contributed by atoms with van der Waals surface area (Å²) in [5.74, 6) is -0.449. The van der Waals surface area contributed by atoms with Crippen LogP contribution in [0.5, 0.6) is 0 Å². The fourth-order valence-electron chi connectivity index (χ4n) is 0.565. The van der Waals surface area contributed by atoms with E-state index < -0.39 is 11.6 Å². The Bertz CT molecular complexity index is 235. The maximum absolute atomic E-state index is 11.0. The Hall–Kier alpha value is -1.30. The van der Waals surface area contributed by atoms with Gasteiger partial charge in [0.05, 0.1) is 12.5 Å². The molecule has 0 N–H and O–H groups in total. The summed E-state index contributed by atoms with van der Waals surface area (Å²) in [6, 6.07) is 1.95. The van der Waals surface area contributed by atoms with Crippen LogP contribution in [0.1, 0.15) is 27.2 Å². The fourth-order valence-corrected chi connectivity index (χ4v) is 0.565. The predicted octanol–water partition coefficient (Wildman–Crippen LogP) is 1.80. The fraction of sp³-hybridized carbons (Fsp3) is 0.556. The number of carbonyl (C=O) groups excluding carboxylic acids is 1. The van der Waals surface area contributed by atoms with Crippen molar-refractivity contribution in [3.63, 3.8) is 0 Å². The summed E-state index contributed by atoms with van der Waals surface area (Å²) < 4.78 is 4.98. The quantitative estimate of drug-likeness (QED) is 0.475. The van der Waals surface area contributed by atoms with Crippen LogP contribution in [0.15, 0.2) is 12.2 Å². The molecule has 0 bridgehead atoms. The minimum atomic E-state index is -0.717. The Kier molecular flexibility index (Phi) is 3.49. The second-order valence-electron chi connectivity index (χ2n) is 3.26. The third-order valence-electron chi connectivity index (χ3n) is 1.22. The molecule has 0 saturated heterocycles. The molecule has 0 spiro atoms. The second-order valence-corrected chi connectivity index (χ2v) is 3.26. The molecule has 0 atom stereocenters. The molecule has 0 saturated carbocycles. The van der Waals surface area contributed by atoms with Gasteiger partial charge in [0.1, 0.15) is 5.60 Å². The lowest BCUT2D eigenvalue weighted by molar-refractivity contribution is -0.150. The third-order valence-corrected chi connectivity index (χ3v) is 1.22. The summed E-state index contributed by atoms with van der Waals surface area (Å²) in [5, 5.41) is 8.39. The van der Waals surface area contributed by atoms with Crippen LogP contribution in [0.4, 0.5) is 0 Å². The summed E-state index contributed by atoms with van der Waals surface area (Å²) in [4.78, 5) is 11.0. The van der Waals surface area contributed by atoms with E-state index in [9.17, 15) is 4.79 Å². The molecule has 0 aliphatic heterocycles. The molecule has 0 unspecified atom stereocenters. The zero-order valence-corrected chi connectivity index (χ0v) is 7.68. The molecule has 0 rings (SSSR count). The Morgan fingerprint density at radius 3 is 2.50 bits per heavy atom. The van der Waals surface area contributed by atoms with E-state index in [0.29, 0.717) is 5.57 Å². The van der Waals surface area contributed by atoms with Crippen LogP contribution in [0.25, 0.3) is 0 Å². The first-order chi connectivity index (χ1) is 5.39. The number of carbonyl (C=O) groups is 1. The molecule has 0 fully saturated rings. The molecule has 3 heteroatoms. The second kappa shape index (κ2) is 3.91. The van der Waals surface area contributed by atoms with Gasteiger partial charge in [-0.25, -0.2) is 4.79 Å². The van der Waals surface area contributed by atoms with E-state index in [0.717, 1.165) is 0 Å². The molecule has 0 heterocycles. The van der Waals surface area contributed by atoms with Crippen molar-refractivity contribution in [3.05, 3.63) is 12.2 Å². The van der Waals surface area contributed by atoms with Crippen LogP contribution in [-0.2, 0) is 9.53 Å². The van der Waals surface area contributed by atoms with Crippen molar-refractivity contribution in [1.29, 1.82) is 5.26 Å². The maximum atomic E-state index is 11.0. The zero-order chi connectivity index (χ0) is 9.78. The van der Waals surface area contributed by atoms with Crippen LogP contribution < -0.4 is 0 Å². The average molecular weight is 167 g/mol. The van der Waals surface area contributed by atoms with Gasteiger partial charge in [0.25, 0.3) is 0 Å². The van der Waals surface area contributed by atoms with Gasteiger partial charge in [-0.15, -0.1) is 0 Å². The largest absolute Gasteiger partial charge is 0.455 e. The highest BCUT2D eigenvalue weighted by Crippen LogP contribution is 2.15. The highest BCUT2D eigenvalue weighted by molar-refractivity contribution is 5.87. The first-order valence-electron chi connectivity index (χ1n) is 3.65. The maximum Gasteiger partial charge on any atom is 0.333 e. The van der Waals surface area contributed by atoms with Crippen molar-refractivity contribution in [3.8, 4) is 6.07 Å². The van der Waals surface area contributed by atoms with E-state index >= 15 is 0 Å². The van der Waals surface area contributed by atoms with Gasteiger partial charge in [-0.2, -0.15) is 5.26 Å². The topological polar surface area (TPSA) is 50.1 Å². The lowest BCUT2D eigenvalue weighted by Crippen LogP contribution is -2.27. The number of nitrogens with zero attached hydrogens (tertiary/aromatic N) is 1. The van der Waals surface area contributed by atoms with Gasteiger partial charge in [0.15, 0.2) is 0 Å². The molecule has 0 aromatic heterocycles. The molecule has 0 aromatic carbocycles. The van der Waals surface area contributed by atoms with Gasteiger partial charge in [-0.1, -0.05) is 6.58 Å². The summed E-state index contributed by atoms with van der Waals surface area (Å²) in [6.07, 6.45) is 0.187. The molecular formula is C9H13NO2. The Labute approximate surface area is 72.6 Å². The smallest absolute Gasteiger partial charge is 0.333 e. The van der Waals surface area contributed by atoms with E-state index in [1.165, 1.54) is 0 Å². The molecule has 0 aliphatic rings. The number of rotatable bonds is 3. The number of hydrogen-bond donors (Lipinski definition) is 0. The number of nitriles is 1. The van der Waals surface area contributed by atoms with Gasteiger partial charge < -0.3 is 4.74 Å². The van der Waals surface area contributed by atoms with Crippen molar-refractivity contribution >= 4 is 5.97 Å². The van der Waals surface area contributed by atoms with Gasteiger partial charge in [0.2, 0.25) is 0 Å². The summed E-state index contributed by atoms with van der Waals surface area (Å²) in [5.41, 5.74) is -0.369. The number of ether oxygens (including phenoxy) is 1. The molecule has 66 valence electrons. The zero-order valence-electron chi connectivity index (χ0n) is 7.68. The van der Waals surface area contributed by atoms with Gasteiger partial charge >= 0.3 is 5.97 Å². The van der Waals surface area contributed by atoms with Gasteiger partial charge in [-0.3, -0.25) is 0 Å². The predicted molar refractivity (Wildman–Crippen MR) is 45.2 cm³/mol. The minimum Gasteiger partial charge on any atom is -0.455 e. The van der Waals surface area contributed by atoms with Crippen LogP contribution in [0.3, 0.4) is 0 Å². The van der Waals surface area contributed by atoms with Crippen molar-refractivity contribution in [2.24, 2.45) is 0 Å². The average Bonchev–Trinajstić information content (AvgIpc) is 1.85. The SMILES string of the molecule is C=C(C)C(=O)OC(C)(C)CC#N. The highest BCUT2D eigenvalue weighted by Gasteiger charge is 2.22. The Morgan fingerprint density at radius 2 is 2.17 bits per heavy atom.